The molecule has 0 saturated heterocycles. The van der Waals surface area contributed by atoms with Crippen LogP contribution in [0.5, 0.6) is 17.2 Å². The second-order valence-corrected chi connectivity index (χ2v) is 8.07. The summed E-state index contributed by atoms with van der Waals surface area (Å²) >= 11 is 0. The molecule has 0 fully saturated rings. The summed E-state index contributed by atoms with van der Waals surface area (Å²) in [6, 6.07) is 13.5. The maximum atomic E-state index is 13.3. The Bertz CT molecular complexity index is 1040. The van der Waals surface area contributed by atoms with Crippen molar-refractivity contribution in [1.82, 2.24) is 5.32 Å². The Morgan fingerprint density at radius 3 is 2.28 bits per heavy atom. The average molecular weight is 436 g/mol. The van der Waals surface area contributed by atoms with E-state index in [1.54, 1.807) is 7.11 Å². The van der Waals surface area contributed by atoms with Crippen LogP contribution >= 0.6 is 0 Å². The summed E-state index contributed by atoms with van der Waals surface area (Å²) in [5.41, 5.74) is 3.45. The van der Waals surface area contributed by atoms with Gasteiger partial charge in [0.05, 0.1) is 20.3 Å². The van der Waals surface area contributed by atoms with Gasteiger partial charge in [0.15, 0.2) is 17.3 Å². The molecular formula is C26H29NO5. The Hall–Kier alpha value is -3.28. The second kappa shape index (κ2) is 9.47. The fourth-order valence-corrected chi connectivity index (χ4v) is 4.66. The number of carbonyl (C=O) groups is 2. The normalized spacial score (nSPS) is 20.5. The summed E-state index contributed by atoms with van der Waals surface area (Å²) in [5.74, 6) is 1.90. The van der Waals surface area contributed by atoms with Gasteiger partial charge in [0, 0.05) is 30.0 Å². The van der Waals surface area contributed by atoms with Crippen LogP contribution in [0.2, 0.25) is 0 Å². The zero-order chi connectivity index (χ0) is 22.7. The fourth-order valence-electron chi connectivity index (χ4n) is 4.66. The zero-order valence-corrected chi connectivity index (χ0v) is 18.8. The van der Waals surface area contributed by atoms with Crippen LogP contribution in [0.15, 0.2) is 53.7 Å². The first-order chi connectivity index (χ1) is 15.5. The molecule has 0 bridgehead atoms. The first-order valence-corrected chi connectivity index (χ1v) is 11.1. The van der Waals surface area contributed by atoms with Gasteiger partial charge in [0.25, 0.3) is 0 Å². The first-order valence-electron chi connectivity index (χ1n) is 11.1. The molecule has 0 saturated carbocycles. The van der Waals surface area contributed by atoms with Gasteiger partial charge in [0.2, 0.25) is 5.91 Å². The minimum atomic E-state index is -0.224. The summed E-state index contributed by atoms with van der Waals surface area (Å²) in [4.78, 5) is 25.8. The van der Waals surface area contributed by atoms with Crippen LogP contribution < -0.4 is 19.5 Å². The van der Waals surface area contributed by atoms with Crippen LogP contribution in [0.25, 0.3) is 0 Å². The lowest BCUT2D eigenvalue weighted by Gasteiger charge is -2.34. The number of benzene rings is 2. The number of ketones is 1. The molecular weight excluding hydrogens is 406 g/mol. The Balaban J connectivity index is 1.63. The van der Waals surface area contributed by atoms with E-state index >= 15 is 0 Å². The number of allylic oxidation sites excluding steroid dienone is 2. The highest BCUT2D eigenvalue weighted by atomic mass is 16.5. The maximum absolute atomic E-state index is 13.3. The quantitative estimate of drug-likeness (QED) is 0.693. The lowest BCUT2D eigenvalue weighted by Crippen LogP contribution is -2.38. The second-order valence-electron chi connectivity index (χ2n) is 8.07. The van der Waals surface area contributed by atoms with E-state index in [9.17, 15) is 9.59 Å². The third kappa shape index (κ3) is 4.35. The molecule has 32 heavy (non-hydrogen) atoms. The molecule has 1 aliphatic heterocycles. The maximum Gasteiger partial charge on any atom is 0.225 e. The van der Waals surface area contributed by atoms with Gasteiger partial charge in [-0.1, -0.05) is 18.2 Å². The molecule has 0 aromatic heterocycles. The summed E-state index contributed by atoms with van der Waals surface area (Å²) < 4.78 is 16.6. The minimum Gasteiger partial charge on any atom is -0.494 e. The van der Waals surface area contributed by atoms with Gasteiger partial charge in [-0.15, -0.1) is 0 Å². The number of carbonyl (C=O) groups excluding carboxylic acids is 2. The van der Waals surface area contributed by atoms with Crippen molar-refractivity contribution in [3.05, 3.63) is 64.9 Å². The minimum absolute atomic E-state index is 0.0230. The van der Waals surface area contributed by atoms with Crippen molar-refractivity contribution in [3.63, 3.8) is 0 Å². The van der Waals surface area contributed by atoms with E-state index in [1.165, 1.54) is 0 Å². The van der Waals surface area contributed by atoms with E-state index in [4.69, 9.17) is 14.2 Å². The zero-order valence-electron chi connectivity index (χ0n) is 18.8. The molecule has 1 heterocycles. The number of amides is 1. The monoisotopic (exact) mass is 435 g/mol. The number of methoxy groups -OCH3 is 1. The first kappa shape index (κ1) is 21.9. The smallest absolute Gasteiger partial charge is 0.225 e. The largest absolute Gasteiger partial charge is 0.494 e. The molecule has 6 heteroatoms. The standard InChI is InChI=1S/C26H29NO5/c1-4-31-19-9-6-16(7-10-19)20-15-25(29)27-21-12-18(13-22(28)26(20)21)17-8-11-23(32-5-2)24(14-17)30-3/h6-11,14,18,20H,4-5,12-13,15H2,1-3H3,(H,27,29). The van der Waals surface area contributed by atoms with E-state index in [0.29, 0.717) is 37.6 Å². The van der Waals surface area contributed by atoms with Gasteiger partial charge in [0.1, 0.15) is 5.75 Å². The Labute approximate surface area is 188 Å². The van der Waals surface area contributed by atoms with Crippen molar-refractivity contribution < 1.29 is 23.8 Å². The van der Waals surface area contributed by atoms with Crippen molar-refractivity contribution in [2.24, 2.45) is 0 Å². The number of nitrogens with one attached hydrogen (secondary N) is 1. The molecule has 2 aromatic rings. The van der Waals surface area contributed by atoms with E-state index in [-0.39, 0.29) is 29.9 Å². The number of ether oxygens (including phenoxy) is 3. The Kier molecular flexibility index (Phi) is 6.49. The van der Waals surface area contributed by atoms with Crippen LogP contribution in [0.1, 0.15) is 56.1 Å². The van der Waals surface area contributed by atoms with Crippen molar-refractivity contribution in [1.29, 1.82) is 0 Å². The summed E-state index contributed by atoms with van der Waals surface area (Å²) in [7, 11) is 1.61. The van der Waals surface area contributed by atoms with Gasteiger partial charge >= 0.3 is 0 Å². The van der Waals surface area contributed by atoms with Crippen molar-refractivity contribution in [2.75, 3.05) is 20.3 Å². The van der Waals surface area contributed by atoms with Crippen molar-refractivity contribution in [3.8, 4) is 17.2 Å². The topological polar surface area (TPSA) is 73.9 Å². The highest BCUT2D eigenvalue weighted by Gasteiger charge is 2.38. The van der Waals surface area contributed by atoms with Crippen molar-refractivity contribution >= 4 is 11.7 Å². The van der Waals surface area contributed by atoms with Crippen LogP contribution in [-0.4, -0.2) is 32.0 Å². The van der Waals surface area contributed by atoms with E-state index in [1.807, 2.05) is 56.3 Å². The molecule has 6 nitrogen and oxygen atoms in total. The lowest BCUT2D eigenvalue weighted by molar-refractivity contribution is -0.122. The molecule has 168 valence electrons. The predicted octanol–water partition coefficient (Wildman–Crippen LogP) is 4.50. The van der Waals surface area contributed by atoms with Gasteiger partial charge in [-0.2, -0.15) is 0 Å². The predicted molar refractivity (Wildman–Crippen MR) is 121 cm³/mol. The fraction of sp³-hybridized carbons (Fsp3) is 0.385. The molecule has 0 radical (unpaired) electrons. The van der Waals surface area contributed by atoms with E-state index in [0.717, 1.165) is 28.1 Å². The molecule has 1 amide bonds. The summed E-state index contributed by atoms with van der Waals surface area (Å²) in [6.45, 7) is 5.00. The molecule has 4 rings (SSSR count). The van der Waals surface area contributed by atoms with Gasteiger partial charge in [-0.05, 0) is 61.6 Å². The van der Waals surface area contributed by atoms with Crippen LogP contribution in [0.3, 0.4) is 0 Å². The van der Waals surface area contributed by atoms with E-state index < -0.39 is 0 Å². The molecule has 2 aliphatic rings. The molecule has 2 atom stereocenters. The van der Waals surface area contributed by atoms with Crippen molar-refractivity contribution in [2.45, 2.75) is 44.9 Å². The van der Waals surface area contributed by atoms with Crippen LogP contribution in [0, 0.1) is 0 Å². The molecule has 0 spiro atoms. The summed E-state index contributed by atoms with van der Waals surface area (Å²) in [6.07, 6.45) is 1.29. The van der Waals surface area contributed by atoms with Crippen LogP contribution in [0.4, 0.5) is 0 Å². The number of hydrogen-bond acceptors (Lipinski definition) is 5. The number of hydrogen-bond donors (Lipinski definition) is 1. The molecule has 2 aromatic carbocycles. The SMILES string of the molecule is CCOc1ccc(C2CC(=O)NC3=C2C(=O)CC(c2ccc(OCC)c(OC)c2)C3)cc1. The molecule has 2 unspecified atom stereocenters. The average Bonchev–Trinajstić information content (AvgIpc) is 2.79. The van der Waals surface area contributed by atoms with Gasteiger partial charge in [-0.3, -0.25) is 9.59 Å². The summed E-state index contributed by atoms with van der Waals surface area (Å²) in [5, 5.41) is 2.98. The highest BCUT2D eigenvalue weighted by molar-refractivity contribution is 6.02. The third-order valence-electron chi connectivity index (χ3n) is 6.09. The lowest BCUT2D eigenvalue weighted by atomic mass is 9.73. The Morgan fingerprint density at radius 1 is 0.875 bits per heavy atom. The molecule has 1 N–H and O–H groups in total. The number of rotatable bonds is 7. The Morgan fingerprint density at radius 2 is 1.59 bits per heavy atom. The van der Waals surface area contributed by atoms with Crippen LogP contribution in [-0.2, 0) is 9.59 Å². The molecule has 1 aliphatic carbocycles. The third-order valence-corrected chi connectivity index (χ3v) is 6.09. The van der Waals surface area contributed by atoms with Gasteiger partial charge < -0.3 is 19.5 Å². The highest BCUT2D eigenvalue weighted by Crippen LogP contribution is 2.44. The van der Waals surface area contributed by atoms with E-state index in [2.05, 4.69) is 5.32 Å². The van der Waals surface area contributed by atoms with Gasteiger partial charge in [-0.25, -0.2) is 0 Å². The number of Topliss-reactive ketones (excluding diaryl/α,β-unsaturated/α-hetero) is 1.